The molecule has 7 nitrogen and oxygen atoms in total. The van der Waals surface area contributed by atoms with Crippen LogP contribution in [0.2, 0.25) is 0 Å². The Labute approximate surface area is 157 Å². The highest BCUT2D eigenvalue weighted by molar-refractivity contribution is 5.69. The number of methoxy groups -OCH3 is 2. The summed E-state index contributed by atoms with van der Waals surface area (Å²) in [5.41, 5.74) is 0.881. The Hall–Kier alpha value is -3.36. The van der Waals surface area contributed by atoms with Gasteiger partial charge in [-0.15, -0.1) is 0 Å². The van der Waals surface area contributed by atoms with Crippen molar-refractivity contribution in [1.82, 2.24) is 0 Å². The molecule has 0 spiro atoms. The molecule has 0 aliphatic carbocycles. The van der Waals surface area contributed by atoms with Gasteiger partial charge in [0.15, 0.2) is 11.3 Å². The van der Waals surface area contributed by atoms with E-state index in [2.05, 4.69) is 0 Å². The van der Waals surface area contributed by atoms with Gasteiger partial charge in [-0.2, -0.15) is 10.5 Å². The summed E-state index contributed by atoms with van der Waals surface area (Å²) in [6.07, 6.45) is 0. The first-order valence-electron chi connectivity index (χ1n) is 7.89. The van der Waals surface area contributed by atoms with Gasteiger partial charge in [-0.1, -0.05) is 12.1 Å². The van der Waals surface area contributed by atoms with Gasteiger partial charge in [-0.3, -0.25) is 0 Å². The molecule has 27 heavy (non-hydrogen) atoms. The monoisotopic (exact) mass is 366 g/mol. The zero-order valence-electron chi connectivity index (χ0n) is 14.9. The van der Waals surface area contributed by atoms with E-state index in [0.29, 0.717) is 17.1 Å². The molecule has 0 radical (unpaired) electrons. The fourth-order valence-corrected chi connectivity index (χ4v) is 2.19. The van der Waals surface area contributed by atoms with Crippen LogP contribution in [0.3, 0.4) is 0 Å². The molecule has 0 aromatic heterocycles. The van der Waals surface area contributed by atoms with E-state index < -0.39 is 6.48 Å². The molecule has 0 saturated heterocycles. The Balaban J connectivity index is 2.08. The molecule has 7 heteroatoms. The number of hydrogen-bond acceptors (Lipinski definition) is 7. The van der Waals surface area contributed by atoms with Crippen LogP contribution in [-0.4, -0.2) is 25.8 Å². The normalized spacial score (nSPS) is 10.1. The zero-order valence-corrected chi connectivity index (χ0v) is 14.9. The van der Waals surface area contributed by atoms with Gasteiger partial charge < -0.3 is 24.1 Å². The lowest BCUT2D eigenvalue weighted by Crippen LogP contribution is -2.16. The minimum absolute atomic E-state index is 0.284. The SMILES string of the molecule is COC(OC)OCc1cccc(Oc2ccc(C(O)=C(C#N)C#N)cc2)c1. The topological polar surface area (TPSA) is 105 Å². The number of hydrogen-bond donors (Lipinski definition) is 1. The number of allylic oxidation sites excluding steroid dienone is 1. The molecular formula is C20H18N2O5. The van der Waals surface area contributed by atoms with Gasteiger partial charge in [-0.05, 0) is 42.0 Å². The van der Waals surface area contributed by atoms with E-state index in [1.807, 2.05) is 18.2 Å². The fourth-order valence-electron chi connectivity index (χ4n) is 2.19. The van der Waals surface area contributed by atoms with Gasteiger partial charge in [0.05, 0.1) is 6.61 Å². The van der Waals surface area contributed by atoms with Crippen molar-refractivity contribution < 1.29 is 24.1 Å². The molecule has 0 saturated carbocycles. The van der Waals surface area contributed by atoms with Gasteiger partial charge in [0, 0.05) is 19.8 Å². The highest BCUT2D eigenvalue weighted by atomic mass is 16.8. The third-order valence-corrected chi connectivity index (χ3v) is 3.49. The lowest BCUT2D eigenvalue weighted by Gasteiger charge is -2.14. The fraction of sp³-hybridized carbons (Fsp3) is 0.200. The standard InChI is InChI=1S/C20H18N2O5/c1-24-20(25-2)26-13-14-4-3-5-18(10-14)27-17-8-6-15(7-9-17)19(23)16(11-21)12-22/h3-10,20,23H,13H2,1-2H3. The van der Waals surface area contributed by atoms with Crippen LogP contribution in [0, 0.1) is 22.7 Å². The van der Waals surface area contributed by atoms with Gasteiger partial charge in [-0.25, -0.2) is 0 Å². The third kappa shape index (κ3) is 5.56. The van der Waals surface area contributed by atoms with Crippen molar-refractivity contribution in [3.8, 4) is 23.6 Å². The Bertz CT molecular complexity index is 858. The zero-order chi connectivity index (χ0) is 19.6. The molecular weight excluding hydrogens is 348 g/mol. The summed E-state index contributed by atoms with van der Waals surface area (Å²) in [5, 5.41) is 27.5. The Morgan fingerprint density at radius 2 is 1.67 bits per heavy atom. The summed E-state index contributed by atoms with van der Waals surface area (Å²) in [7, 11) is 2.97. The van der Waals surface area contributed by atoms with Crippen molar-refractivity contribution in [2.24, 2.45) is 0 Å². The van der Waals surface area contributed by atoms with E-state index in [1.165, 1.54) is 14.2 Å². The van der Waals surface area contributed by atoms with Crippen LogP contribution >= 0.6 is 0 Å². The van der Waals surface area contributed by atoms with Crippen LogP contribution in [0.15, 0.2) is 54.1 Å². The first-order chi connectivity index (χ1) is 13.1. The smallest absolute Gasteiger partial charge is 0.271 e. The van der Waals surface area contributed by atoms with E-state index in [4.69, 9.17) is 29.5 Å². The molecule has 0 heterocycles. The van der Waals surface area contributed by atoms with E-state index in [9.17, 15) is 5.11 Å². The number of nitrogens with zero attached hydrogens (tertiary/aromatic N) is 2. The first kappa shape index (κ1) is 20.0. The minimum atomic E-state index is -0.741. The third-order valence-electron chi connectivity index (χ3n) is 3.49. The molecule has 1 N–H and O–H groups in total. The number of rotatable bonds is 8. The van der Waals surface area contributed by atoms with E-state index in [0.717, 1.165) is 5.56 Å². The van der Waals surface area contributed by atoms with Crippen molar-refractivity contribution in [1.29, 1.82) is 10.5 Å². The van der Waals surface area contributed by atoms with E-state index in [-0.39, 0.29) is 17.9 Å². The van der Waals surface area contributed by atoms with Crippen molar-refractivity contribution in [2.45, 2.75) is 13.1 Å². The van der Waals surface area contributed by atoms with Crippen LogP contribution in [0.5, 0.6) is 11.5 Å². The van der Waals surface area contributed by atoms with Gasteiger partial charge in [0.25, 0.3) is 6.48 Å². The van der Waals surface area contributed by atoms with Crippen molar-refractivity contribution in [3.05, 3.63) is 65.2 Å². The highest BCUT2D eigenvalue weighted by Gasteiger charge is 2.09. The quantitative estimate of drug-likeness (QED) is 0.429. The summed E-state index contributed by atoms with van der Waals surface area (Å²) in [6, 6.07) is 17.0. The largest absolute Gasteiger partial charge is 0.505 e. The summed E-state index contributed by atoms with van der Waals surface area (Å²) < 4.78 is 21.2. The molecule has 0 unspecified atom stereocenters. The molecule has 138 valence electrons. The van der Waals surface area contributed by atoms with Crippen LogP contribution < -0.4 is 4.74 Å². The second-order valence-electron chi connectivity index (χ2n) is 5.29. The lowest BCUT2D eigenvalue weighted by molar-refractivity contribution is -0.270. The summed E-state index contributed by atoms with van der Waals surface area (Å²) in [6.45, 7) is -0.457. The number of ether oxygens (including phenoxy) is 4. The molecule has 0 amide bonds. The molecule has 2 aromatic carbocycles. The van der Waals surface area contributed by atoms with Crippen molar-refractivity contribution in [3.63, 3.8) is 0 Å². The number of nitriles is 2. The Kier molecular flexibility index (Phi) is 7.36. The lowest BCUT2D eigenvalue weighted by atomic mass is 10.1. The minimum Gasteiger partial charge on any atom is -0.505 e. The molecule has 0 bridgehead atoms. The summed E-state index contributed by atoms with van der Waals surface area (Å²) in [5.74, 6) is 0.771. The maximum atomic E-state index is 9.90. The number of aliphatic hydroxyl groups is 1. The Morgan fingerprint density at radius 3 is 2.26 bits per heavy atom. The maximum absolute atomic E-state index is 9.90. The molecule has 2 aromatic rings. The van der Waals surface area contributed by atoms with Crippen LogP contribution in [-0.2, 0) is 20.8 Å². The average molecular weight is 366 g/mol. The van der Waals surface area contributed by atoms with Crippen LogP contribution in [0.4, 0.5) is 0 Å². The second-order valence-corrected chi connectivity index (χ2v) is 5.29. The maximum Gasteiger partial charge on any atom is 0.271 e. The van der Waals surface area contributed by atoms with Gasteiger partial charge >= 0.3 is 0 Å². The predicted molar refractivity (Wildman–Crippen MR) is 96.3 cm³/mol. The number of benzene rings is 2. The van der Waals surface area contributed by atoms with Crippen molar-refractivity contribution >= 4 is 5.76 Å². The van der Waals surface area contributed by atoms with Crippen molar-refractivity contribution in [2.75, 3.05) is 14.2 Å². The Morgan fingerprint density at radius 1 is 1.00 bits per heavy atom. The second kappa shape index (κ2) is 9.95. The number of aliphatic hydroxyl groups excluding tert-OH is 1. The van der Waals surface area contributed by atoms with Crippen LogP contribution in [0.25, 0.3) is 5.76 Å². The predicted octanol–water partition coefficient (Wildman–Crippen LogP) is 3.89. The molecule has 0 atom stereocenters. The summed E-state index contributed by atoms with van der Waals surface area (Å²) >= 11 is 0. The van der Waals surface area contributed by atoms with E-state index >= 15 is 0 Å². The van der Waals surface area contributed by atoms with Gasteiger partial charge in [0.2, 0.25) is 0 Å². The summed E-state index contributed by atoms with van der Waals surface area (Å²) in [4.78, 5) is 0. The molecule has 0 aliphatic rings. The van der Waals surface area contributed by atoms with E-state index in [1.54, 1.807) is 42.5 Å². The van der Waals surface area contributed by atoms with Crippen LogP contribution in [0.1, 0.15) is 11.1 Å². The first-order valence-corrected chi connectivity index (χ1v) is 7.89. The average Bonchev–Trinajstić information content (AvgIpc) is 2.70. The molecule has 0 aliphatic heterocycles. The highest BCUT2D eigenvalue weighted by Crippen LogP contribution is 2.25. The molecule has 0 fully saturated rings. The molecule has 2 rings (SSSR count). The van der Waals surface area contributed by atoms with Gasteiger partial charge in [0.1, 0.15) is 23.6 Å².